The lowest BCUT2D eigenvalue weighted by Gasteiger charge is -2.06. The van der Waals surface area contributed by atoms with E-state index in [1.165, 1.54) is 11.1 Å². The van der Waals surface area contributed by atoms with Crippen LogP contribution in [0.2, 0.25) is 0 Å². The van der Waals surface area contributed by atoms with Crippen LogP contribution in [0.25, 0.3) is 11.1 Å². The zero-order valence-electron chi connectivity index (χ0n) is 9.40. The normalized spacial score (nSPS) is 9.81. The van der Waals surface area contributed by atoms with Crippen molar-refractivity contribution in [3.8, 4) is 11.1 Å². The number of hydrogen-bond donors (Lipinski definition) is 1. The van der Waals surface area contributed by atoms with Gasteiger partial charge in [0.05, 0.1) is 0 Å². The molecule has 1 heteroatoms. The Labute approximate surface area is 96.4 Å². The molecule has 0 saturated heterocycles. The molecule has 2 aromatic carbocycles. The van der Waals surface area contributed by atoms with Crippen LogP contribution >= 0.6 is 0 Å². The molecule has 0 heterocycles. The summed E-state index contributed by atoms with van der Waals surface area (Å²) < 4.78 is 0. The zero-order valence-corrected chi connectivity index (χ0v) is 9.40. The molecule has 16 heavy (non-hydrogen) atoms. The molecule has 80 valence electrons. The van der Waals surface area contributed by atoms with E-state index >= 15 is 0 Å². The Hall–Kier alpha value is -2.02. The van der Waals surface area contributed by atoms with E-state index in [0.717, 1.165) is 11.4 Å². The molecule has 0 saturated carbocycles. The second kappa shape index (κ2) is 4.67. The lowest BCUT2D eigenvalue weighted by molar-refractivity contribution is 1.40. The highest BCUT2D eigenvalue weighted by molar-refractivity contribution is 5.66. The Morgan fingerprint density at radius 3 is 2.00 bits per heavy atom. The van der Waals surface area contributed by atoms with Crippen molar-refractivity contribution < 1.29 is 0 Å². The quantitative estimate of drug-likeness (QED) is 0.794. The summed E-state index contributed by atoms with van der Waals surface area (Å²) in [6.45, 7) is 5.77. The van der Waals surface area contributed by atoms with E-state index in [4.69, 9.17) is 0 Å². The number of hydrogen-bond acceptors (Lipinski definition) is 1. The van der Waals surface area contributed by atoms with E-state index in [2.05, 4.69) is 60.4 Å². The fourth-order valence-electron chi connectivity index (χ4n) is 1.62. The molecule has 0 aliphatic heterocycles. The highest BCUT2D eigenvalue weighted by Gasteiger charge is 1.96. The molecule has 1 nitrogen and oxygen atoms in total. The Balaban J connectivity index is 2.23. The van der Waals surface area contributed by atoms with Gasteiger partial charge in [-0.25, -0.2) is 0 Å². The molecular formula is C15H15N. The van der Waals surface area contributed by atoms with Gasteiger partial charge in [0.15, 0.2) is 0 Å². The summed E-state index contributed by atoms with van der Waals surface area (Å²) in [6, 6.07) is 18.7. The van der Waals surface area contributed by atoms with Crippen molar-refractivity contribution in [3.05, 3.63) is 66.9 Å². The van der Waals surface area contributed by atoms with Crippen LogP contribution in [0.5, 0.6) is 0 Å². The Kier molecular flexibility index (Phi) is 3.06. The standard InChI is InChI=1S/C15H15N/c1-12(2)16-15-10-8-14(9-11-15)13-6-4-3-5-7-13/h3-11,16H,1H2,2H3. The third kappa shape index (κ3) is 2.51. The molecule has 0 atom stereocenters. The average molecular weight is 209 g/mol. The maximum Gasteiger partial charge on any atom is 0.0381 e. The largest absolute Gasteiger partial charge is 0.360 e. The van der Waals surface area contributed by atoms with Gasteiger partial charge in [-0.2, -0.15) is 0 Å². The fraction of sp³-hybridized carbons (Fsp3) is 0.0667. The summed E-state index contributed by atoms with van der Waals surface area (Å²) in [7, 11) is 0. The molecule has 0 bridgehead atoms. The first-order chi connectivity index (χ1) is 7.75. The first-order valence-electron chi connectivity index (χ1n) is 5.34. The van der Waals surface area contributed by atoms with Crippen LogP contribution in [-0.2, 0) is 0 Å². The van der Waals surface area contributed by atoms with Crippen LogP contribution in [0.3, 0.4) is 0 Å². The molecule has 1 N–H and O–H groups in total. The highest BCUT2D eigenvalue weighted by atomic mass is 14.9. The minimum absolute atomic E-state index is 0.951. The van der Waals surface area contributed by atoms with Crippen molar-refractivity contribution in [3.63, 3.8) is 0 Å². The molecule has 0 spiro atoms. The van der Waals surface area contributed by atoms with Crippen LogP contribution in [0.4, 0.5) is 5.69 Å². The van der Waals surface area contributed by atoms with Crippen LogP contribution in [0.15, 0.2) is 66.9 Å². The summed E-state index contributed by atoms with van der Waals surface area (Å²) in [5.74, 6) is 0. The number of rotatable bonds is 3. The molecule has 0 amide bonds. The van der Waals surface area contributed by atoms with Gasteiger partial charge in [0, 0.05) is 11.4 Å². The Morgan fingerprint density at radius 1 is 0.875 bits per heavy atom. The van der Waals surface area contributed by atoms with Gasteiger partial charge in [-0.1, -0.05) is 49.0 Å². The van der Waals surface area contributed by atoms with Gasteiger partial charge in [-0.05, 0) is 30.2 Å². The third-order valence-corrected chi connectivity index (χ3v) is 2.35. The lowest BCUT2D eigenvalue weighted by atomic mass is 10.1. The maximum absolute atomic E-state index is 3.82. The summed E-state index contributed by atoms with van der Waals surface area (Å²) in [6.07, 6.45) is 0. The van der Waals surface area contributed by atoms with Gasteiger partial charge < -0.3 is 5.32 Å². The summed E-state index contributed by atoms with van der Waals surface area (Å²) in [5.41, 5.74) is 4.50. The molecule has 2 rings (SSSR count). The lowest BCUT2D eigenvalue weighted by Crippen LogP contribution is -1.92. The SMILES string of the molecule is C=C(C)Nc1ccc(-c2ccccc2)cc1. The van der Waals surface area contributed by atoms with Crippen LogP contribution in [0.1, 0.15) is 6.92 Å². The molecule has 0 aromatic heterocycles. The summed E-state index contributed by atoms with van der Waals surface area (Å²) in [4.78, 5) is 0. The van der Waals surface area contributed by atoms with E-state index < -0.39 is 0 Å². The van der Waals surface area contributed by atoms with Gasteiger partial charge in [-0.15, -0.1) is 0 Å². The average Bonchev–Trinajstić information content (AvgIpc) is 2.30. The van der Waals surface area contributed by atoms with Gasteiger partial charge in [-0.3, -0.25) is 0 Å². The predicted octanol–water partition coefficient (Wildman–Crippen LogP) is 4.30. The van der Waals surface area contributed by atoms with Gasteiger partial charge >= 0.3 is 0 Å². The molecule has 0 fully saturated rings. The van der Waals surface area contributed by atoms with Crippen molar-refractivity contribution >= 4 is 5.69 Å². The van der Waals surface area contributed by atoms with Gasteiger partial charge in [0.1, 0.15) is 0 Å². The second-order valence-corrected chi connectivity index (χ2v) is 3.85. The highest BCUT2D eigenvalue weighted by Crippen LogP contribution is 2.21. The number of benzene rings is 2. The summed E-state index contributed by atoms with van der Waals surface area (Å²) in [5, 5.41) is 3.19. The predicted molar refractivity (Wildman–Crippen MR) is 70.3 cm³/mol. The van der Waals surface area contributed by atoms with Crippen molar-refractivity contribution in [1.29, 1.82) is 0 Å². The summed E-state index contributed by atoms with van der Waals surface area (Å²) >= 11 is 0. The van der Waals surface area contributed by atoms with E-state index in [-0.39, 0.29) is 0 Å². The molecule has 0 aliphatic rings. The Bertz CT molecular complexity index is 469. The minimum atomic E-state index is 0.951. The van der Waals surface area contributed by atoms with Gasteiger partial charge in [0.25, 0.3) is 0 Å². The van der Waals surface area contributed by atoms with E-state index in [9.17, 15) is 0 Å². The second-order valence-electron chi connectivity index (χ2n) is 3.85. The number of nitrogens with one attached hydrogen (secondary N) is 1. The van der Waals surface area contributed by atoms with E-state index in [1.54, 1.807) is 0 Å². The zero-order chi connectivity index (χ0) is 11.4. The molecule has 2 aromatic rings. The van der Waals surface area contributed by atoms with Crippen molar-refractivity contribution in [2.75, 3.05) is 5.32 Å². The van der Waals surface area contributed by atoms with E-state index in [1.807, 2.05) is 13.0 Å². The minimum Gasteiger partial charge on any atom is -0.360 e. The van der Waals surface area contributed by atoms with Crippen molar-refractivity contribution in [2.24, 2.45) is 0 Å². The van der Waals surface area contributed by atoms with Crippen LogP contribution in [-0.4, -0.2) is 0 Å². The Morgan fingerprint density at radius 2 is 1.44 bits per heavy atom. The molecule has 0 aliphatic carbocycles. The first kappa shape index (κ1) is 10.5. The fourth-order valence-corrected chi connectivity index (χ4v) is 1.62. The molecular weight excluding hydrogens is 194 g/mol. The van der Waals surface area contributed by atoms with E-state index in [0.29, 0.717) is 0 Å². The van der Waals surface area contributed by atoms with Crippen molar-refractivity contribution in [1.82, 2.24) is 0 Å². The maximum atomic E-state index is 3.82. The number of allylic oxidation sites excluding steroid dienone is 1. The first-order valence-corrected chi connectivity index (χ1v) is 5.34. The van der Waals surface area contributed by atoms with Gasteiger partial charge in [0.2, 0.25) is 0 Å². The molecule has 0 unspecified atom stereocenters. The molecule has 0 radical (unpaired) electrons. The monoisotopic (exact) mass is 209 g/mol. The third-order valence-electron chi connectivity index (χ3n) is 2.35. The van der Waals surface area contributed by atoms with Crippen LogP contribution in [0, 0.1) is 0 Å². The topological polar surface area (TPSA) is 12.0 Å². The number of anilines is 1. The van der Waals surface area contributed by atoms with Crippen molar-refractivity contribution in [2.45, 2.75) is 6.92 Å². The van der Waals surface area contributed by atoms with Crippen LogP contribution < -0.4 is 5.32 Å². The smallest absolute Gasteiger partial charge is 0.0381 e.